The van der Waals surface area contributed by atoms with Gasteiger partial charge < -0.3 is 9.73 Å². The van der Waals surface area contributed by atoms with E-state index in [1.807, 2.05) is 25.1 Å². The van der Waals surface area contributed by atoms with Crippen LogP contribution in [0.4, 0.5) is 5.69 Å². The van der Waals surface area contributed by atoms with Gasteiger partial charge in [-0.15, -0.1) is 0 Å². The van der Waals surface area contributed by atoms with Crippen molar-refractivity contribution in [3.05, 3.63) is 80.8 Å². The van der Waals surface area contributed by atoms with Crippen LogP contribution >= 0.6 is 34.8 Å². The van der Waals surface area contributed by atoms with E-state index in [-0.39, 0.29) is 5.91 Å². The van der Waals surface area contributed by atoms with Gasteiger partial charge in [0.15, 0.2) is 5.58 Å². The van der Waals surface area contributed by atoms with Crippen LogP contribution in [-0.2, 0) is 0 Å². The highest BCUT2D eigenvalue weighted by molar-refractivity contribution is 6.42. The van der Waals surface area contributed by atoms with Crippen molar-refractivity contribution in [2.24, 2.45) is 0 Å². The van der Waals surface area contributed by atoms with Gasteiger partial charge in [-0.25, -0.2) is 4.98 Å². The molecular formula is C21H13Cl3N2O2. The van der Waals surface area contributed by atoms with Crippen LogP contribution in [0.15, 0.2) is 59.0 Å². The smallest absolute Gasteiger partial charge is 0.255 e. The Morgan fingerprint density at radius 1 is 0.929 bits per heavy atom. The molecule has 0 atom stereocenters. The van der Waals surface area contributed by atoms with Crippen LogP contribution in [0.5, 0.6) is 0 Å². The second-order valence-electron chi connectivity index (χ2n) is 6.27. The fourth-order valence-corrected chi connectivity index (χ4v) is 3.26. The number of nitrogens with zero attached hydrogens (tertiary/aromatic N) is 1. The average Bonchev–Trinajstić information content (AvgIpc) is 3.08. The van der Waals surface area contributed by atoms with Crippen LogP contribution in [0, 0.1) is 6.92 Å². The molecule has 1 N–H and O–H groups in total. The van der Waals surface area contributed by atoms with E-state index in [0.717, 1.165) is 11.1 Å². The number of hydrogen-bond acceptors (Lipinski definition) is 3. The molecule has 28 heavy (non-hydrogen) atoms. The Morgan fingerprint density at radius 3 is 2.50 bits per heavy atom. The van der Waals surface area contributed by atoms with Crippen LogP contribution in [0.2, 0.25) is 15.1 Å². The molecule has 7 heteroatoms. The monoisotopic (exact) mass is 430 g/mol. The third-order valence-electron chi connectivity index (χ3n) is 4.18. The molecule has 0 saturated carbocycles. The molecular weight excluding hydrogens is 419 g/mol. The van der Waals surface area contributed by atoms with E-state index < -0.39 is 0 Å². The molecule has 0 fully saturated rings. The lowest BCUT2D eigenvalue weighted by Gasteiger charge is -2.08. The minimum Gasteiger partial charge on any atom is -0.436 e. The molecule has 1 heterocycles. The summed E-state index contributed by atoms with van der Waals surface area (Å²) in [5, 5.41) is 3.98. The minimum atomic E-state index is -0.319. The minimum absolute atomic E-state index is 0.313. The van der Waals surface area contributed by atoms with Crippen molar-refractivity contribution in [3.8, 4) is 11.5 Å². The zero-order valence-electron chi connectivity index (χ0n) is 14.6. The van der Waals surface area contributed by atoms with Crippen LogP contribution in [0.25, 0.3) is 22.6 Å². The Balaban J connectivity index is 1.66. The number of aryl methyl sites for hydroxylation is 1. The van der Waals surface area contributed by atoms with E-state index >= 15 is 0 Å². The number of anilines is 1. The first kappa shape index (κ1) is 18.8. The van der Waals surface area contributed by atoms with E-state index in [2.05, 4.69) is 10.3 Å². The normalized spacial score (nSPS) is 11.0. The van der Waals surface area contributed by atoms with Crippen LogP contribution in [-0.4, -0.2) is 10.9 Å². The molecule has 0 bridgehead atoms. The molecule has 4 aromatic rings. The molecule has 0 radical (unpaired) electrons. The van der Waals surface area contributed by atoms with Gasteiger partial charge in [-0.2, -0.15) is 0 Å². The fourth-order valence-electron chi connectivity index (χ4n) is 2.76. The molecule has 3 aromatic carbocycles. The lowest BCUT2D eigenvalue weighted by Crippen LogP contribution is -2.11. The number of carbonyl (C=O) groups is 1. The summed E-state index contributed by atoms with van der Waals surface area (Å²) in [6.45, 7) is 1.99. The molecule has 0 spiro atoms. The highest BCUT2D eigenvalue weighted by Crippen LogP contribution is 2.33. The molecule has 4 rings (SSSR count). The molecule has 0 aliphatic heterocycles. The molecule has 0 aliphatic rings. The van der Waals surface area contributed by atoms with Gasteiger partial charge in [-0.3, -0.25) is 4.79 Å². The Hall–Kier alpha value is -2.53. The quantitative estimate of drug-likeness (QED) is 0.379. The Morgan fingerprint density at radius 2 is 1.71 bits per heavy atom. The summed E-state index contributed by atoms with van der Waals surface area (Å²) < 4.78 is 5.82. The summed E-state index contributed by atoms with van der Waals surface area (Å²) >= 11 is 18.2. The second-order valence-corrected chi connectivity index (χ2v) is 7.49. The number of halogens is 3. The number of hydrogen-bond donors (Lipinski definition) is 1. The first-order valence-electron chi connectivity index (χ1n) is 8.34. The van der Waals surface area contributed by atoms with E-state index in [4.69, 9.17) is 39.2 Å². The second kappa shape index (κ2) is 7.47. The van der Waals surface area contributed by atoms with Gasteiger partial charge in [-0.1, -0.05) is 40.9 Å². The van der Waals surface area contributed by atoms with Crippen LogP contribution in [0.3, 0.4) is 0 Å². The maximum absolute atomic E-state index is 12.5. The standard InChI is InChI=1S/C21H13Cl3N2O2/c1-11-2-7-19-18(8-11)26-21(28-19)14-10-13(4-6-15(14)22)25-20(27)12-3-5-16(23)17(24)9-12/h2-10H,1H3,(H,25,27). The highest BCUT2D eigenvalue weighted by atomic mass is 35.5. The Kier molecular flexibility index (Phi) is 5.02. The van der Waals surface area contributed by atoms with Gasteiger partial charge in [-0.05, 0) is 61.0 Å². The number of rotatable bonds is 3. The van der Waals surface area contributed by atoms with Crippen molar-refractivity contribution < 1.29 is 9.21 Å². The fraction of sp³-hybridized carbons (Fsp3) is 0.0476. The zero-order valence-corrected chi connectivity index (χ0v) is 16.9. The Labute approximate surface area is 176 Å². The van der Waals surface area contributed by atoms with Gasteiger partial charge in [0.1, 0.15) is 5.52 Å². The van der Waals surface area contributed by atoms with Gasteiger partial charge in [0.05, 0.1) is 20.6 Å². The van der Waals surface area contributed by atoms with Crippen LogP contribution < -0.4 is 5.32 Å². The largest absolute Gasteiger partial charge is 0.436 e. The topological polar surface area (TPSA) is 55.1 Å². The maximum atomic E-state index is 12.5. The number of oxazole rings is 1. The van der Waals surface area contributed by atoms with E-state index in [0.29, 0.717) is 43.4 Å². The van der Waals surface area contributed by atoms with E-state index in [9.17, 15) is 4.79 Å². The molecule has 1 amide bonds. The average molecular weight is 432 g/mol. The van der Waals surface area contributed by atoms with Gasteiger partial charge in [0.25, 0.3) is 5.91 Å². The SMILES string of the molecule is Cc1ccc2oc(-c3cc(NC(=O)c4ccc(Cl)c(Cl)c4)ccc3Cl)nc2c1. The van der Waals surface area contributed by atoms with Gasteiger partial charge in [0.2, 0.25) is 5.89 Å². The summed E-state index contributed by atoms with van der Waals surface area (Å²) in [6, 6.07) is 15.5. The Bertz CT molecular complexity index is 1220. The molecule has 0 unspecified atom stereocenters. The lowest BCUT2D eigenvalue weighted by molar-refractivity contribution is 0.102. The predicted octanol–water partition coefficient (Wildman–Crippen LogP) is 7.02. The van der Waals surface area contributed by atoms with E-state index in [1.165, 1.54) is 6.07 Å². The number of amides is 1. The number of benzene rings is 3. The molecule has 0 aliphatic carbocycles. The number of aromatic nitrogens is 1. The van der Waals surface area contributed by atoms with Crippen molar-refractivity contribution in [1.82, 2.24) is 4.98 Å². The first-order valence-corrected chi connectivity index (χ1v) is 9.47. The summed E-state index contributed by atoms with van der Waals surface area (Å²) in [5.41, 5.74) is 4.03. The molecule has 0 saturated heterocycles. The van der Waals surface area contributed by atoms with E-state index in [1.54, 1.807) is 30.3 Å². The summed E-state index contributed by atoms with van der Waals surface area (Å²) in [4.78, 5) is 17.0. The number of carbonyl (C=O) groups excluding carboxylic acids is 1. The van der Waals surface area contributed by atoms with Crippen molar-refractivity contribution >= 4 is 57.5 Å². The van der Waals surface area contributed by atoms with Crippen molar-refractivity contribution in [3.63, 3.8) is 0 Å². The molecule has 140 valence electrons. The zero-order chi connectivity index (χ0) is 19.8. The summed E-state index contributed by atoms with van der Waals surface area (Å²) in [7, 11) is 0. The van der Waals surface area contributed by atoms with Crippen LogP contribution in [0.1, 0.15) is 15.9 Å². The number of fused-ring (bicyclic) bond motifs is 1. The third-order valence-corrected chi connectivity index (χ3v) is 5.25. The third kappa shape index (κ3) is 3.72. The van der Waals surface area contributed by atoms with Crippen molar-refractivity contribution in [2.75, 3.05) is 5.32 Å². The highest BCUT2D eigenvalue weighted by Gasteiger charge is 2.14. The van der Waals surface area contributed by atoms with Gasteiger partial charge >= 0.3 is 0 Å². The van der Waals surface area contributed by atoms with Gasteiger partial charge in [0, 0.05) is 11.3 Å². The lowest BCUT2D eigenvalue weighted by atomic mass is 10.1. The first-order chi connectivity index (χ1) is 13.4. The van der Waals surface area contributed by atoms with Crippen molar-refractivity contribution in [2.45, 2.75) is 6.92 Å². The predicted molar refractivity (Wildman–Crippen MR) is 114 cm³/mol. The summed E-state index contributed by atoms with van der Waals surface area (Å²) in [6.07, 6.45) is 0. The molecule has 4 nitrogen and oxygen atoms in total. The summed E-state index contributed by atoms with van der Waals surface area (Å²) in [5.74, 6) is 0.0660. The number of nitrogens with one attached hydrogen (secondary N) is 1. The maximum Gasteiger partial charge on any atom is 0.255 e. The molecule has 1 aromatic heterocycles. The van der Waals surface area contributed by atoms with Crippen molar-refractivity contribution in [1.29, 1.82) is 0 Å².